The lowest BCUT2D eigenvalue weighted by Gasteiger charge is -2.10. The summed E-state index contributed by atoms with van der Waals surface area (Å²) in [6, 6.07) is 7.91. The molecule has 0 unspecified atom stereocenters. The summed E-state index contributed by atoms with van der Waals surface area (Å²) < 4.78 is 27.7. The van der Waals surface area contributed by atoms with E-state index < -0.39 is 23.4 Å². The van der Waals surface area contributed by atoms with Gasteiger partial charge in [0.2, 0.25) is 0 Å². The Bertz CT molecular complexity index is 699. The summed E-state index contributed by atoms with van der Waals surface area (Å²) in [7, 11) is 2.81. The second kappa shape index (κ2) is 6.87. The van der Waals surface area contributed by atoms with Crippen molar-refractivity contribution in [3.63, 3.8) is 0 Å². The van der Waals surface area contributed by atoms with Gasteiger partial charge in [0.15, 0.2) is 0 Å². The molecular weight excluding hydrogens is 304 g/mol. The summed E-state index contributed by atoms with van der Waals surface area (Å²) in [5.41, 5.74) is 0.530. The average Bonchev–Trinajstić information content (AvgIpc) is 2.54. The number of halogens is 2. The summed E-state index contributed by atoms with van der Waals surface area (Å²) in [5.74, 6) is -2.46. The van der Waals surface area contributed by atoms with Crippen molar-refractivity contribution >= 4 is 23.2 Å². The summed E-state index contributed by atoms with van der Waals surface area (Å²) in [5, 5.41) is 7.48. The fourth-order valence-corrected chi connectivity index (χ4v) is 1.99. The average molecular weight is 319 g/mol. The van der Waals surface area contributed by atoms with Crippen molar-refractivity contribution in [3.05, 3.63) is 59.2 Å². The van der Waals surface area contributed by atoms with Crippen LogP contribution in [0.3, 0.4) is 0 Å². The van der Waals surface area contributed by atoms with Gasteiger partial charge in [-0.25, -0.2) is 8.78 Å². The first-order valence-electron chi connectivity index (χ1n) is 6.76. The number of amides is 2. The van der Waals surface area contributed by atoms with Crippen LogP contribution in [0.5, 0.6) is 0 Å². The van der Waals surface area contributed by atoms with Crippen molar-refractivity contribution < 1.29 is 18.4 Å². The molecule has 23 heavy (non-hydrogen) atoms. The minimum Gasteiger partial charge on any atom is -0.355 e. The summed E-state index contributed by atoms with van der Waals surface area (Å²) in [6.07, 6.45) is 0. The van der Waals surface area contributed by atoms with E-state index in [-0.39, 0.29) is 11.1 Å². The molecular formula is C16H15F2N3O2. The van der Waals surface area contributed by atoms with E-state index in [1.165, 1.54) is 38.4 Å². The van der Waals surface area contributed by atoms with Crippen molar-refractivity contribution in [3.8, 4) is 0 Å². The van der Waals surface area contributed by atoms with Crippen molar-refractivity contribution in [2.24, 2.45) is 0 Å². The molecule has 0 fully saturated rings. The SMILES string of the molecule is CNC(=O)c1ccc(Nc2ccc(C(=O)NC)c(F)c2)cc1F. The lowest BCUT2D eigenvalue weighted by molar-refractivity contribution is 0.0951. The lowest BCUT2D eigenvalue weighted by Crippen LogP contribution is -2.19. The van der Waals surface area contributed by atoms with Crippen LogP contribution < -0.4 is 16.0 Å². The fourth-order valence-electron chi connectivity index (χ4n) is 1.99. The highest BCUT2D eigenvalue weighted by atomic mass is 19.1. The Morgan fingerprint density at radius 3 is 1.48 bits per heavy atom. The smallest absolute Gasteiger partial charge is 0.253 e. The van der Waals surface area contributed by atoms with Gasteiger partial charge < -0.3 is 16.0 Å². The molecule has 3 N–H and O–H groups in total. The molecule has 0 aromatic heterocycles. The fraction of sp³-hybridized carbons (Fsp3) is 0.125. The van der Waals surface area contributed by atoms with Crippen LogP contribution in [-0.4, -0.2) is 25.9 Å². The number of anilines is 2. The molecule has 0 radical (unpaired) electrons. The maximum absolute atomic E-state index is 13.9. The standard InChI is InChI=1S/C16H15F2N3O2/c1-19-15(22)11-5-3-9(7-13(11)17)21-10-4-6-12(14(18)8-10)16(23)20-2/h3-8,21H,1-2H3,(H,19,22)(H,20,23). The Morgan fingerprint density at radius 1 is 0.783 bits per heavy atom. The van der Waals surface area contributed by atoms with Gasteiger partial charge in [-0.05, 0) is 36.4 Å². The summed E-state index contributed by atoms with van der Waals surface area (Å²) in [4.78, 5) is 22.8. The molecule has 0 aliphatic carbocycles. The van der Waals surface area contributed by atoms with Crippen LogP contribution in [0.25, 0.3) is 0 Å². The summed E-state index contributed by atoms with van der Waals surface area (Å²) >= 11 is 0. The van der Waals surface area contributed by atoms with Gasteiger partial charge >= 0.3 is 0 Å². The molecule has 2 aromatic rings. The number of rotatable bonds is 4. The van der Waals surface area contributed by atoms with Crippen LogP contribution >= 0.6 is 0 Å². The van der Waals surface area contributed by atoms with Gasteiger partial charge in [-0.2, -0.15) is 0 Å². The van der Waals surface area contributed by atoms with Gasteiger partial charge in [-0.15, -0.1) is 0 Å². The van der Waals surface area contributed by atoms with Gasteiger partial charge in [0.25, 0.3) is 11.8 Å². The molecule has 0 bridgehead atoms. The molecule has 0 aliphatic heterocycles. The van der Waals surface area contributed by atoms with Crippen LogP contribution in [0.1, 0.15) is 20.7 Å². The second-order valence-corrected chi connectivity index (χ2v) is 4.67. The minimum atomic E-state index is -0.697. The zero-order chi connectivity index (χ0) is 17.0. The zero-order valence-corrected chi connectivity index (χ0v) is 12.5. The monoisotopic (exact) mass is 319 g/mol. The van der Waals surface area contributed by atoms with E-state index >= 15 is 0 Å². The molecule has 2 aromatic carbocycles. The minimum absolute atomic E-state index is 0.0841. The van der Waals surface area contributed by atoms with Gasteiger partial charge in [-0.3, -0.25) is 9.59 Å². The topological polar surface area (TPSA) is 70.2 Å². The van der Waals surface area contributed by atoms with Crippen molar-refractivity contribution in [2.45, 2.75) is 0 Å². The molecule has 0 heterocycles. The number of nitrogens with one attached hydrogen (secondary N) is 3. The molecule has 120 valence electrons. The van der Waals surface area contributed by atoms with Crippen molar-refractivity contribution in [2.75, 3.05) is 19.4 Å². The molecule has 7 heteroatoms. The van der Waals surface area contributed by atoms with E-state index in [1.807, 2.05) is 0 Å². The molecule has 0 spiro atoms. The number of hydrogen-bond donors (Lipinski definition) is 3. The Hall–Kier alpha value is -2.96. The largest absolute Gasteiger partial charge is 0.355 e. The van der Waals surface area contributed by atoms with Crippen molar-refractivity contribution in [1.29, 1.82) is 0 Å². The second-order valence-electron chi connectivity index (χ2n) is 4.67. The highest BCUT2D eigenvalue weighted by Gasteiger charge is 2.12. The molecule has 5 nitrogen and oxygen atoms in total. The lowest BCUT2D eigenvalue weighted by atomic mass is 10.1. The van der Waals surface area contributed by atoms with E-state index in [2.05, 4.69) is 16.0 Å². The number of benzene rings is 2. The van der Waals surface area contributed by atoms with Gasteiger partial charge in [0, 0.05) is 25.5 Å². The van der Waals surface area contributed by atoms with E-state index in [0.29, 0.717) is 11.4 Å². The molecule has 0 aliphatic rings. The Balaban J connectivity index is 2.23. The molecule has 0 atom stereocenters. The first-order chi connectivity index (χ1) is 11.0. The number of carbonyl (C=O) groups excluding carboxylic acids is 2. The predicted molar refractivity (Wildman–Crippen MR) is 82.9 cm³/mol. The Kier molecular flexibility index (Phi) is 4.90. The van der Waals surface area contributed by atoms with Crippen LogP contribution in [0.2, 0.25) is 0 Å². The maximum Gasteiger partial charge on any atom is 0.253 e. The van der Waals surface area contributed by atoms with Gasteiger partial charge in [0.1, 0.15) is 11.6 Å². The number of carbonyl (C=O) groups is 2. The quantitative estimate of drug-likeness (QED) is 0.810. The summed E-state index contributed by atoms with van der Waals surface area (Å²) in [6.45, 7) is 0. The van der Waals surface area contributed by atoms with Gasteiger partial charge in [0.05, 0.1) is 11.1 Å². The van der Waals surface area contributed by atoms with Crippen LogP contribution in [0.4, 0.5) is 20.2 Å². The van der Waals surface area contributed by atoms with Crippen LogP contribution in [-0.2, 0) is 0 Å². The molecule has 2 rings (SSSR count). The van der Waals surface area contributed by atoms with Crippen LogP contribution in [0, 0.1) is 11.6 Å². The maximum atomic E-state index is 13.9. The zero-order valence-electron chi connectivity index (χ0n) is 12.5. The highest BCUT2D eigenvalue weighted by molar-refractivity contribution is 5.95. The van der Waals surface area contributed by atoms with E-state index in [0.717, 1.165) is 12.1 Å². The number of hydrogen-bond acceptors (Lipinski definition) is 3. The van der Waals surface area contributed by atoms with Crippen LogP contribution in [0.15, 0.2) is 36.4 Å². The normalized spacial score (nSPS) is 10.1. The third kappa shape index (κ3) is 3.63. The van der Waals surface area contributed by atoms with E-state index in [1.54, 1.807) is 0 Å². The first-order valence-corrected chi connectivity index (χ1v) is 6.76. The van der Waals surface area contributed by atoms with E-state index in [4.69, 9.17) is 0 Å². The predicted octanol–water partition coefficient (Wildman–Crippen LogP) is 2.43. The van der Waals surface area contributed by atoms with E-state index in [9.17, 15) is 18.4 Å². The molecule has 2 amide bonds. The Morgan fingerprint density at radius 2 is 1.17 bits per heavy atom. The Labute approximate surface area is 131 Å². The molecule has 0 saturated carbocycles. The first kappa shape index (κ1) is 16.4. The third-order valence-corrected chi connectivity index (χ3v) is 3.17. The van der Waals surface area contributed by atoms with Crippen molar-refractivity contribution in [1.82, 2.24) is 10.6 Å². The molecule has 0 saturated heterocycles. The van der Waals surface area contributed by atoms with Gasteiger partial charge in [-0.1, -0.05) is 0 Å². The highest BCUT2D eigenvalue weighted by Crippen LogP contribution is 2.21. The third-order valence-electron chi connectivity index (χ3n) is 3.17.